The average molecular weight is 631 g/mol. The maximum Gasteiger partial charge on any atom is 0.338 e. The predicted octanol–water partition coefficient (Wildman–Crippen LogP) is 5.93. The Labute approximate surface area is 223 Å². The Hall–Kier alpha value is -0.723. The summed E-state index contributed by atoms with van der Waals surface area (Å²) in [5.74, 6) is -0.571. The summed E-state index contributed by atoms with van der Waals surface area (Å²) < 4.78 is 54.2. The molecule has 0 aromatic heterocycles. The van der Waals surface area contributed by atoms with E-state index in [1.165, 1.54) is 5.57 Å². The molecule has 5 unspecified atom stereocenters. The lowest BCUT2D eigenvalue weighted by atomic mass is 9.41. The number of hydrogen-bond acceptors (Lipinski definition) is 6. The first-order chi connectivity index (χ1) is 16.1. The molecule has 6 atom stereocenters. The minimum atomic E-state index is -4.08. The number of methoxy groups -OCH3 is 1. The maximum atomic E-state index is 13.6. The van der Waals surface area contributed by atoms with E-state index in [0.717, 1.165) is 15.6 Å². The largest absolute Gasteiger partial charge is 0.408 e. The molecule has 1 saturated carbocycles. The molecule has 4 bridgehead atoms. The minimum Gasteiger partial charge on any atom is -0.408 e. The first kappa shape index (κ1) is 25.9. The number of aryl methyl sites for hydroxylation is 1. The number of halogens is 1. The zero-order valence-electron chi connectivity index (χ0n) is 21.7. The number of ether oxygens (including phenoxy) is 2. The molecule has 0 radical (unpaired) electrons. The molecule has 2 fully saturated rings. The standard InChI is InChI=1S/C26H35IO6SSi/c1-16-9-12-18(13-10-16)34(28,29)32-21-20(27)25-17(2)11-14-19(25)23(3)15-31-26(30-5,24(21,23)4)22(25)33-35(6,7)8/h9-10,12-14,17,22H,11,15H2,1-8H3/t17-,22?,23?,24?,25?,26?/m1/s1. The highest BCUT2D eigenvalue weighted by Crippen LogP contribution is 2.82. The van der Waals surface area contributed by atoms with Gasteiger partial charge in [-0.3, -0.25) is 0 Å². The van der Waals surface area contributed by atoms with Gasteiger partial charge in [-0.05, 0) is 80.6 Å². The normalized spacial score (nSPS) is 40.2. The zero-order chi connectivity index (χ0) is 25.8. The maximum absolute atomic E-state index is 13.6. The molecule has 35 heavy (non-hydrogen) atoms. The van der Waals surface area contributed by atoms with E-state index in [-0.39, 0.29) is 10.8 Å². The Morgan fingerprint density at radius 2 is 1.77 bits per heavy atom. The fourth-order valence-corrected chi connectivity index (χ4v) is 11.0. The van der Waals surface area contributed by atoms with E-state index >= 15 is 0 Å². The van der Waals surface area contributed by atoms with Crippen LogP contribution in [0, 0.1) is 29.1 Å². The number of benzene rings is 1. The van der Waals surface area contributed by atoms with Gasteiger partial charge in [-0.15, -0.1) is 0 Å². The summed E-state index contributed by atoms with van der Waals surface area (Å²) in [6.45, 7) is 15.3. The monoisotopic (exact) mass is 630 g/mol. The molecule has 5 aliphatic rings. The SMILES string of the molecule is COC12OCC3(C)C4=CC[C@@H](C)C4(C(I)=C(OS(=O)(=O)c4ccc(C)cc4)C31C)C2O[Si](C)(C)C. The number of hydrogen-bond donors (Lipinski definition) is 0. The van der Waals surface area contributed by atoms with Crippen molar-refractivity contribution >= 4 is 41.0 Å². The van der Waals surface area contributed by atoms with E-state index in [1.54, 1.807) is 31.4 Å². The quantitative estimate of drug-likeness (QED) is 0.168. The second-order valence-electron chi connectivity index (χ2n) is 11.8. The molecule has 9 heteroatoms. The summed E-state index contributed by atoms with van der Waals surface area (Å²) in [6.07, 6.45) is 2.82. The summed E-state index contributed by atoms with van der Waals surface area (Å²) >= 11 is 2.33. The van der Waals surface area contributed by atoms with Crippen molar-refractivity contribution in [3.63, 3.8) is 0 Å². The fraction of sp³-hybridized carbons (Fsp3) is 0.615. The number of allylic oxidation sites excluding steroid dienone is 1. The highest BCUT2D eigenvalue weighted by Gasteiger charge is 2.86. The molecule has 1 aromatic carbocycles. The van der Waals surface area contributed by atoms with E-state index in [9.17, 15) is 8.42 Å². The molecule has 0 amide bonds. The summed E-state index contributed by atoms with van der Waals surface area (Å²) in [5.41, 5.74) is 0.277. The van der Waals surface area contributed by atoms with Crippen LogP contribution in [0.1, 0.15) is 32.8 Å². The molecule has 1 heterocycles. The molecule has 1 spiro atoms. The van der Waals surface area contributed by atoms with Gasteiger partial charge in [0.2, 0.25) is 5.79 Å². The second kappa shape index (κ2) is 7.66. The van der Waals surface area contributed by atoms with Crippen LogP contribution in [0.5, 0.6) is 0 Å². The van der Waals surface area contributed by atoms with Crippen molar-refractivity contribution in [2.45, 2.75) is 70.5 Å². The average Bonchev–Trinajstić information content (AvgIpc) is 3.21. The molecule has 6 rings (SSSR count). The smallest absolute Gasteiger partial charge is 0.338 e. The molecule has 4 aliphatic carbocycles. The van der Waals surface area contributed by atoms with Crippen LogP contribution in [0.25, 0.3) is 0 Å². The van der Waals surface area contributed by atoms with Gasteiger partial charge in [-0.25, -0.2) is 0 Å². The molecule has 1 aliphatic heterocycles. The van der Waals surface area contributed by atoms with Gasteiger partial charge in [-0.1, -0.05) is 43.2 Å². The van der Waals surface area contributed by atoms with Crippen molar-refractivity contribution in [1.29, 1.82) is 0 Å². The van der Waals surface area contributed by atoms with Crippen molar-refractivity contribution < 1.29 is 26.5 Å². The van der Waals surface area contributed by atoms with Gasteiger partial charge >= 0.3 is 10.1 Å². The van der Waals surface area contributed by atoms with Crippen LogP contribution in [0.2, 0.25) is 19.6 Å². The molecule has 192 valence electrons. The van der Waals surface area contributed by atoms with Crippen LogP contribution in [-0.2, 0) is 28.2 Å². The highest BCUT2D eigenvalue weighted by molar-refractivity contribution is 14.1. The van der Waals surface area contributed by atoms with Gasteiger partial charge in [-0.2, -0.15) is 8.42 Å². The van der Waals surface area contributed by atoms with Crippen LogP contribution >= 0.6 is 22.6 Å². The Balaban J connectivity index is 1.79. The summed E-state index contributed by atoms with van der Waals surface area (Å²) in [5, 5.41) is 0. The molecule has 1 saturated heterocycles. The van der Waals surface area contributed by atoms with Gasteiger partial charge in [0.25, 0.3) is 0 Å². The van der Waals surface area contributed by atoms with E-state index in [1.807, 2.05) is 13.8 Å². The van der Waals surface area contributed by atoms with E-state index in [2.05, 4.69) is 62.2 Å². The third-order valence-electron chi connectivity index (χ3n) is 8.92. The number of rotatable bonds is 6. The first-order valence-electron chi connectivity index (χ1n) is 12.1. The zero-order valence-corrected chi connectivity index (χ0v) is 25.7. The van der Waals surface area contributed by atoms with Crippen LogP contribution in [0.4, 0.5) is 0 Å². The molecule has 6 nitrogen and oxygen atoms in total. The topological polar surface area (TPSA) is 71.1 Å². The molecular formula is C26H35IO6SSi. The molecule has 1 aromatic rings. The molecule has 0 N–H and O–H groups in total. The minimum absolute atomic E-state index is 0.136. The third-order valence-corrected chi connectivity index (χ3v) is 12.5. The van der Waals surface area contributed by atoms with Crippen LogP contribution in [0.3, 0.4) is 0 Å². The lowest BCUT2D eigenvalue weighted by Crippen LogP contribution is -2.75. The second-order valence-corrected chi connectivity index (χ2v) is 18.9. The first-order valence-corrected chi connectivity index (χ1v) is 18.0. The Morgan fingerprint density at radius 3 is 2.34 bits per heavy atom. The van der Waals surface area contributed by atoms with Crippen LogP contribution in [0.15, 0.2) is 50.1 Å². The van der Waals surface area contributed by atoms with Crippen molar-refractivity contribution in [2.75, 3.05) is 13.7 Å². The van der Waals surface area contributed by atoms with E-state index in [4.69, 9.17) is 18.1 Å². The summed E-state index contributed by atoms with van der Waals surface area (Å²) in [4.78, 5) is 0.136. The summed E-state index contributed by atoms with van der Waals surface area (Å²) in [7, 11) is -4.49. The van der Waals surface area contributed by atoms with Crippen molar-refractivity contribution in [3.05, 3.63) is 50.8 Å². The van der Waals surface area contributed by atoms with Crippen LogP contribution in [-0.4, -0.2) is 42.3 Å². The van der Waals surface area contributed by atoms with Crippen molar-refractivity contribution in [2.24, 2.45) is 22.2 Å². The van der Waals surface area contributed by atoms with Crippen LogP contribution < -0.4 is 0 Å². The Kier molecular flexibility index (Phi) is 5.67. The van der Waals surface area contributed by atoms with Gasteiger partial charge in [0.15, 0.2) is 8.32 Å². The Bertz CT molecular complexity index is 1250. The van der Waals surface area contributed by atoms with E-state index in [0.29, 0.717) is 12.4 Å². The molecular weight excluding hydrogens is 595 g/mol. The third kappa shape index (κ3) is 2.99. The van der Waals surface area contributed by atoms with Gasteiger partial charge in [0.1, 0.15) is 16.8 Å². The lowest BCUT2D eigenvalue weighted by molar-refractivity contribution is -0.318. The van der Waals surface area contributed by atoms with Gasteiger partial charge in [0, 0.05) is 16.1 Å². The van der Waals surface area contributed by atoms with Gasteiger partial charge in [0.05, 0.1) is 17.4 Å². The summed E-state index contributed by atoms with van der Waals surface area (Å²) in [6, 6.07) is 6.76. The fourth-order valence-electron chi connectivity index (χ4n) is 7.05. The van der Waals surface area contributed by atoms with E-state index < -0.39 is 46.6 Å². The lowest BCUT2D eigenvalue weighted by Gasteiger charge is -2.67. The Morgan fingerprint density at radius 1 is 1.14 bits per heavy atom. The predicted molar refractivity (Wildman–Crippen MR) is 145 cm³/mol. The van der Waals surface area contributed by atoms with Crippen molar-refractivity contribution in [3.8, 4) is 0 Å². The van der Waals surface area contributed by atoms with Crippen molar-refractivity contribution in [1.82, 2.24) is 0 Å². The van der Waals surface area contributed by atoms with Gasteiger partial charge < -0.3 is 18.1 Å². The highest BCUT2D eigenvalue weighted by atomic mass is 127.